The van der Waals surface area contributed by atoms with Crippen LogP contribution in [0, 0.1) is 76.2 Å². The highest BCUT2D eigenvalue weighted by Gasteiger charge is 2.25. The second-order valence-electron chi connectivity index (χ2n) is 20.8. The first-order valence-corrected chi connectivity index (χ1v) is 28.2. The molecule has 0 aliphatic heterocycles. The molecule has 0 nitrogen and oxygen atoms in total. The van der Waals surface area contributed by atoms with E-state index in [0.717, 1.165) is 59.7 Å². The Morgan fingerprint density at radius 1 is 0.354 bits per heavy atom. The molecule has 0 saturated heterocycles. The van der Waals surface area contributed by atoms with Gasteiger partial charge in [0, 0.05) is 27.0 Å². The lowest BCUT2D eigenvalue weighted by Gasteiger charge is -2.22. The third kappa shape index (κ3) is 16.9. The van der Waals surface area contributed by atoms with Crippen molar-refractivity contribution in [2.75, 3.05) is 0 Å². The average Bonchev–Trinajstić information content (AvgIpc) is 0.747. The summed E-state index contributed by atoms with van der Waals surface area (Å²) in [6.07, 6.45) is -9.23. The van der Waals surface area contributed by atoms with Gasteiger partial charge in [0.25, 0.3) is 0 Å². The van der Waals surface area contributed by atoms with Crippen molar-refractivity contribution in [3.63, 3.8) is 0 Å². The largest absolute Gasteiger partial charge is 0.205 e. The standard InChI is InChI=1S/2C11H11ClF2.3C11H12ClF.C11H13Cl/c2*1-6-2-3-8-7(4-6)5-9(13)10(12)11(8)14;1-7-2-4-9-8(6-7)3-5-10(12)11(9)13;2*1-7-2-3-8-5-10(12)11(13)6-9(8)4-7;1-8-2-3-10-7-11(12)5-4-9(10)6-8/h2*5-6H,2-4H2,1H3;3,5,7H,2,4,6H2,1H3;2*5-7H,2-4H2,1H3;4-5,7-8H,2-3,6H2,1H3/i2D2,4D2;3D2;4D2;2D2,4D2;2*3D2. The van der Waals surface area contributed by atoms with E-state index >= 15 is 0 Å². The molecule has 0 spiro atoms. The van der Waals surface area contributed by atoms with Crippen molar-refractivity contribution in [1.82, 2.24) is 0 Å². The molecule has 0 radical (unpaired) electrons. The maximum atomic E-state index is 13.9. The number of aryl methyl sites for hydroxylation is 3. The molecular formula is C66H71Cl6F7. The number of hydrogen-bond donors (Lipinski definition) is 0. The number of hydrogen-bond acceptors (Lipinski definition) is 0. The van der Waals surface area contributed by atoms with Gasteiger partial charge in [0.2, 0.25) is 0 Å². The first-order valence-electron chi connectivity index (χ1n) is 33.9. The predicted molar refractivity (Wildman–Crippen MR) is 316 cm³/mol. The molecule has 0 heterocycles. The first kappa shape index (κ1) is 44.1. The molecule has 426 valence electrons. The summed E-state index contributed by atoms with van der Waals surface area (Å²) in [6.45, 7) is 10.8. The van der Waals surface area contributed by atoms with Crippen LogP contribution in [0.4, 0.5) is 30.7 Å². The lowest BCUT2D eigenvalue weighted by Crippen LogP contribution is -2.13. The van der Waals surface area contributed by atoms with E-state index in [-0.39, 0.29) is 79.9 Å². The van der Waals surface area contributed by atoms with Gasteiger partial charge in [-0.05, 0) is 272 Å². The maximum absolute atomic E-state index is 13.9. The van der Waals surface area contributed by atoms with Crippen molar-refractivity contribution in [2.45, 2.75) is 157 Å². The summed E-state index contributed by atoms with van der Waals surface area (Å²) in [5.41, 5.74) is 4.76. The Bertz CT molecular complexity index is 3870. The number of halogens is 13. The summed E-state index contributed by atoms with van der Waals surface area (Å²) in [7, 11) is 0. The highest BCUT2D eigenvalue weighted by Crippen LogP contribution is 2.36. The zero-order valence-corrected chi connectivity index (χ0v) is 48.8. The minimum Gasteiger partial charge on any atom is -0.205 e. The topological polar surface area (TPSA) is 0 Å². The Kier molecular flexibility index (Phi) is 16.0. The summed E-state index contributed by atoms with van der Waals surface area (Å²) in [4.78, 5) is 0. The van der Waals surface area contributed by atoms with Crippen LogP contribution in [0.15, 0.2) is 66.7 Å². The second kappa shape index (κ2) is 28.7. The summed E-state index contributed by atoms with van der Waals surface area (Å²) < 4.78 is 220. The normalized spacial score (nSPS) is 29.3. The van der Waals surface area contributed by atoms with Crippen LogP contribution in [0.25, 0.3) is 0 Å². The van der Waals surface area contributed by atoms with Crippen LogP contribution in [0.2, 0.25) is 30.1 Å². The van der Waals surface area contributed by atoms with E-state index in [1.807, 2.05) is 32.9 Å². The van der Waals surface area contributed by atoms with Crippen LogP contribution >= 0.6 is 69.6 Å². The summed E-state index contributed by atoms with van der Waals surface area (Å²) in [5, 5.41) is -0.779. The Hall–Kier alpha value is -3.43. The van der Waals surface area contributed by atoms with Crippen LogP contribution < -0.4 is 0 Å². The summed E-state index contributed by atoms with van der Waals surface area (Å²) >= 11 is 33.8. The average molecular weight is 1230 g/mol. The fraction of sp³-hybridized carbons (Fsp3) is 0.455. The zero-order valence-electron chi connectivity index (χ0n) is 60.3. The molecule has 79 heavy (non-hydrogen) atoms. The molecule has 6 aromatic rings. The maximum Gasteiger partial charge on any atom is 0.148 e. The van der Waals surface area contributed by atoms with Crippen LogP contribution in [-0.4, -0.2) is 0 Å². The molecule has 6 aliphatic rings. The van der Waals surface area contributed by atoms with Crippen molar-refractivity contribution in [3.05, 3.63) is 204 Å². The van der Waals surface area contributed by atoms with E-state index in [1.165, 1.54) is 38.1 Å². The molecular weight excluding hydrogens is 1140 g/mol. The summed E-state index contributed by atoms with van der Waals surface area (Å²) in [5.74, 6) is -6.42. The molecule has 0 amide bonds. The van der Waals surface area contributed by atoms with Gasteiger partial charge in [-0.2, -0.15) is 0 Å². The quantitative estimate of drug-likeness (QED) is 0.105. The Balaban J connectivity index is 0.000000161. The Morgan fingerprint density at radius 2 is 0.785 bits per heavy atom. The third-order valence-electron chi connectivity index (χ3n) is 13.8. The van der Waals surface area contributed by atoms with Gasteiger partial charge < -0.3 is 0 Å². The van der Waals surface area contributed by atoms with Gasteiger partial charge in [-0.25, -0.2) is 30.7 Å². The van der Waals surface area contributed by atoms with Crippen molar-refractivity contribution in [2.24, 2.45) is 35.5 Å². The van der Waals surface area contributed by atoms with Gasteiger partial charge in [0.15, 0.2) is 0 Å². The monoisotopic (exact) mass is 1220 g/mol. The SMILES string of the molecule is [2H]C1([2H])CC(C)Cc2cc(F)c(Cl)c(F)c21.[2H]C1([2H])CC(C)Cc2cc(F)c(Cl)cc21.[2H]C1([2H])CC(C)Cc2ccc(Cl)c(F)c21.[2H]C1([2H])CC(C)Cc2ccc(Cl)cc21.[2H]C1([2H])Cc2c(cc(F)c(Cl)c2F)C([2H])([2H])C1C.[2H]C1([2H])Cc2cc(Cl)c(F)cc2C([2H])([2H])C1C. The van der Waals surface area contributed by atoms with Crippen molar-refractivity contribution < 1.29 is 52.7 Å². The Labute approximate surface area is 516 Å². The minimum absolute atomic E-state index is 0.00665. The van der Waals surface area contributed by atoms with Gasteiger partial charge in [-0.1, -0.05) is 123 Å². The van der Waals surface area contributed by atoms with Gasteiger partial charge in [0.1, 0.15) is 50.8 Å². The van der Waals surface area contributed by atoms with Crippen LogP contribution in [0.1, 0.15) is 169 Å². The lowest BCUT2D eigenvalue weighted by atomic mass is 9.85. The fourth-order valence-electron chi connectivity index (χ4n) is 9.56. The minimum atomic E-state index is -2.14. The molecule has 13 heteroatoms. The van der Waals surface area contributed by atoms with E-state index in [4.69, 9.17) is 91.5 Å². The zero-order chi connectivity index (χ0) is 71.7. The number of benzene rings is 6. The molecule has 6 aliphatic carbocycles. The first-order chi connectivity index (χ1) is 43.4. The van der Waals surface area contributed by atoms with Gasteiger partial charge >= 0.3 is 0 Å². The van der Waals surface area contributed by atoms with Crippen LogP contribution in [0.3, 0.4) is 0 Å². The van der Waals surface area contributed by atoms with Crippen LogP contribution in [0.5, 0.6) is 0 Å². The van der Waals surface area contributed by atoms with E-state index in [0.29, 0.717) is 53.3 Å². The van der Waals surface area contributed by atoms with Crippen molar-refractivity contribution in [3.8, 4) is 0 Å². The smallest absolute Gasteiger partial charge is 0.148 e. The lowest BCUT2D eigenvalue weighted by molar-refractivity contribution is 0.474. The molecule has 0 saturated carbocycles. The highest BCUT2D eigenvalue weighted by atomic mass is 35.5. The number of fused-ring (bicyclic) bond motifs is 6. The van der Waals surface area contributed by atoms with Crippen molar-refractivity contribution in [1.29, 1.82) is 0 Å². The van der Waals surface area contributed by atoms with E-state index < -0.39 is 114 Å². The van der Waals surface area contributed by atoms with E-state index in [1.54, 1.807) is 12.1 Å². The van der Waals surface area contributed by atoms with E-state index in [2.05, 4.69) is 6.92 Å². The molecule has 6 aromatic carbocycles. The van der Waals surface area contributed by atoms with Crippen molar-refractivity contribution >= 4 is 69.6 Å². The van der Waals surface area contributed by atoms with E-state index in [9.17, 15) is 30.7 Å². The predicted octanol–water partition coefficient (Wildman–Crippen LogP) is 21.8. The Morgan fingerprint density at radius 3 is 1.39 bits per heavy atom. The molecule has 0 aromatic heterocycles. The molecule has 12 rings (SSSR count). The van der Waals surface area contributed by atoms with Gasteiger partial charge in [-0.15, -0.1) is 0 Å². The molecule has 6 atom stereocenters. The highest BCUT2D eigenvalue weighted by molar-refractivity contribution is 6.32. The molecule has 0 bridgehead atoms. The third-order valence-corrected chi connectivity index (χ3v) is 15.6. The number of rotatable bonds is 0. The fourth-order valence-corrected chi connectivity index (χ4v) is 10.6. The molecule has 0 N–H and O–H groups in total. The second-order valence-corrected chi connectivity index (χ2v) is 23.2. The summed E-state index contributed by atoms with van der Waals surface area (Å²) in [6, 6.07) is 16.0. The molecule has 0 fully saturated rings. The van der Waals surface area contributed by atoms with Crippen LogP contribution in [-0.2, 0) is 76.8 Å². The molecule has 6 unspecified atom stereocenters. The van der Waals surface area contributed by atoms with Gasteiger partial charge in [-0.3, -0.25) is 0 Å². The van der Waals surface area contributed by atoms with Gasteiger partial charge in [0.05, 0.1) is 15.1 Å².